The zero-order valence-electron chi connectivity index (χ0n) is 16.8. The normalized spacial score (nSPS) is 10.1. The second kappa shape index (κ2) is 11.5. The van der Waals surface area contributed by atoms with Crippen molar-refractivity contribution in [3.05, 3.63) is 59.7 Å². The van der Waals surface area contributed by atoms with E-state index in [-0.39, 0.29) is 24.3 Å². The Kier molecular flexibility index (Phi) is 8.69. The minimum Gasteiger partial charge on any atom is -0.494 e. The summed E-state index contributed by atoms with van der Waals surface area (Å²) >= 11 is 0. The van der Waals surface area contributed by atoms with Crippen LogP contribution in [0.5, 0.6) is 5.75 Å². The molecule has 29 heavy (non-hydrogen) atoms. The van der Waals surface area contributed by atoms with E-state index in [4.69, 9.17) is 4.74 Å². The van der Waals surface area contributed by atoms with Gasteiger partial charge in [0.15, 0.2) is 0 Å². The van der Waals surface area contributed by atoms with E-state index < -0.39 is 0 Å². The van der Waals surface area contributed by atoms with Gasteiger partial charge in [0.25, 0.3) is 11.8 Å². The van der Waals surface area contributed by atoms with Gasteiger partial charge in [-0.05, 0) is 55.8 Å². The lowest BCUT2D eigenvalue weighted by atomic mass is 10.2. The van der Waals surface area contributed by atoms with Crippen LogP contribution in [0.2, 0.25) is 0 Å². The Labute approximate surface area is 170 Å². The van der Waals surface area contributed by atoms with E-state index in [0.717, 1.165) is 12.8 Å². The zero-order valence-corrected chi connectivity index (χ0v) is 16.8. The Morgan fingerprint density at radius 2 is 1.62 bits per heavy atom. The first-order valence-electron chi connectivity index (χ1n) is 9.72. The third-order valence-electron chi connectivity index (χ3n) is 4.04. The molecule has 0 saturated carbocycles. The molecule has 0 aromatic heterocycles. The fourth-order valence-corrected chi connectivity index (χ4v) is 2.51. The molecule has 0 bridgehead atoms. The molecule has 0 unspecified atom stereocenters. The molecule has 3 amide bonds. The lowest BCUT2D eigenvalue weighted by Crippen LogP contribution is -2.32. The van der Waals surface area contributed by atoms with E-state index in [2.05, 4.69) is 22.9 Å². The highest BCUT2D eigenvalue weighted by Crippen LogP contribution is 2.13. The number of ether oxygens (including phenoxy) is 1. The molecule has 154 valence electrons. The topological polar surface area (TPSA) is 96.5 Å². The fraction of sp³-hybridized carbons (Fsp3) is 0.318. The van der Waals surface area contributed by atoms with Gasteiger partial charge < -0.3 is 20.7 Å². The maximum Gasteiger partial charge on any atom is 0.251 e. The van der Waals surface area contributed by atoms with Crippen LogP contribution in [0.15, 0.2) is 48.5 Å². The van der Waals surface area contributed by atoms with Crippen molar-refractivity contribution < 1.29 is 19.1 Å². The SMILES string of the molecule is CCCCOc1ccc(C(=O)NCC(=O)Nc2cccc(C(=O)NCC)c2)cc1. The van der Waals surface area contributed by atoms with Gasteiger partial charge in [0, 0.05) is 23.4 Å². The van der Waals surface area contributed by atoms with Crippen LogP contribution in [0.4, 0.5) is 5.69 Å². The van der Waals surface area contributed by atoms with Crippen molar-refractivity contribution in [3.63, 3.8) is 0 Å². The standard InChI is InChI=1S/C22H27N3O4/c1-3-5-13-29-19-11-9-16(10-12-19)21(27)24-15-20(26)25-18-8-6-7-17(14-18)22(28)23-4-2/h6-12,14H,3-5,13,15H2,1-2H3,(H,23,28)(H,24,27)(H,25,26). The number of hydrogen-bond donors (Lipinski definition) is 3. The van der Waals surface area contributed by atoms with Gasteiger partial charge in [-0.2, -0.15) is 0 Å². The molecule has 7 nitrogen and oxygen atoms in total. The van der Waals surface area contributed by atoms with E-state index >= 15 is 0 Å². The third kappa shape index (κ3) is 7.29. The second-order valence-electron chi connectivity index (χ2n) is 6.40. The smallest absolute Gasteiger partial charge is 0.251 e. The molecular formula is C22H27N3O4. The van der Waals surface area contributed by atoms with Crippen LogP contribution in [-0.4, -0.2) is 37.4 Å². The number of unbranched alkanes of at least 4 members (excludes halogenated alkanes) is 1. The van der Waals surface area contributed by atoms with Gasteiger partial charge in [-0.3, -0.25) is 14.4 Å². The van der Waals surface area contributed by atoms with Crippen LogP contribution in [-0.2, 0) is 4.79 Å². The van der Waals surface area contributed by atoms with E-state index in [1.54, 1.807) is 48.5 Å². The maximum atomic E-state index is 12.2. The monoisotopic (exact) mass is 397 g/mol. The molecule has 0 atom stereocenters. The van der Waals surface area contributed by atoms with Gasteiger partial charge in [-0.25, -0.2) is 0 Å². The summed E-state index contributed by atoms with van der Waals surface area (Å²) in [7, 11) is 0. The van der Waals surface area contributed by atoms with E-state index in [9.17, 15) is 14.4 Å². The van der Waals surface area contributed by atoms with Crippen molar-refractivity contribution in [1.82, 2.24) is 10.6 Å². The van der Waals surface area contributed by atoms with Gasteiger partial charge >= 0.3 is 0 Å². The largest absolute Gasteiger partial charge is 0.494 e. The Bertz CT molecular complexity index is 834. The molecule has 0 heterocycles. The summed E-state index contributed by atoms with van der Waals surface area (Å²) in [6.07, 6.45) is 2.03. The molecule has 0 saturated heterocycles. The molecule has 0 fully saturated rings. The Balaban J connectivity index is 1.83. The van der Waals surface area contributed by atoms with Crippen LogP contribution in [0.3, 0.4) is 0 Å². The van der Waals surface area contributed by atoms with Crippen LogP contribution in [0, 0.1) is 0 Å². The highest BCUT2D eigenvalue weighted by atomic mass is 16.5. The average molecular weight is 397 g/mol. The molecule has 0 aliphatic rings. The zero-order chi connectivity index (χ0) is 21.1. The first-order chi connectivity index (χ1) is 14.0. The molecule has 0 aliphatic heterocycles. The van der Waals surface area contributed by atoms with Crippen molar-refractivity contribution >= 4 is 23.4 Å². The average Bonchev–Trinajstić information content (AvgIpc) is 2.73. The number of anilines is 1. The molecule has 3 N–H and O–H groups in total. The molecule has 0 spiro atoms. The summed E-state index contributed by atoms with van der Waals surface area (Å²) in [5, 5.41) is 7.95. The van der Waals surface area contributed by atoms with E-state index in [1.165, 1.54) is 0 Å². The van der Waals surface area contributed by atoms with Crippen LogP contribution in [0.25, 0.3) is 0 Å². The predicted molar refractivity (Wildman–Crippen MR) is 112 cm³/mol. The van der Waals surface area contributed by atoms with Gasteiger partial charge in [-0.1, -0.05) is 19.4 Å². The number of carbonyl (C=O) groups is 3. The molecule has 2 aromatic rings. The lowest BCUT2D eigenvalue weighted by Gasteiger charge is -2.09. The number of rotatable bonds is 10. The number of nitrogens with one attached hydrogen (secondary N) is 3. The van der Waals surface area contributed by atoms with Crippen molar-refractivity contribution in [2.24, 2.45) is 0 Å². The predicted octanol–water partition coefficient (Wildman–Crippen LogP) is 2.98. The fourth-order valence-electron chi connectivity index (χ4n) is 2.51. The van der Waals surface area contributed by atoms with E-state index in [0.29, 0.717) is 35.7 Å². The minimum atomic E-state index is -0.383. The van der Waals surface area contributed by atoms with Gasteiger partial charge in [0.2, 0.25) is 5.91 Å². The summed E-state index contributed by atoms with van der Waals surface area (Å²) in [4.78, 5) is 36.2. The summed E-state index contributed by atoms with van der Waals surface area (Å²) in [6.45, 7) is 4.90. The molecule has 2 aromatic carbocycles. The van der Waals surface area contributed by atoms with Crippen LogP contribution < -0.4 is 20.7 Å². The highest BCUT2D eigenvalue weighted by molar-refractivity contribution is 6.00. The Morgan fingerprint density at radius 1 is 0.897 bits per heavy atom. The van der Waals surface area contributed by atoms with Crippen molar-refractivity contribution in [1.29, 1.82) is 0 Å². The summed E-state index contributed by atoms with van der Waals surface area (Å²) in [6, 6.07) is 13.4. The van der Waals surface area contributed by atoms with E-state index in [1.807, 2.05) is 6.92 Å². The van der Waals surface area contributed by atoms with Crippen LogP contribution >= 0.6 is 0 Å². The number of carbonyl (C=O) groups excluding carboxylic acids is 3. The lowest BCUT2D eigenvalue weighted by molar-refractivity contribution is -0.115. The van der Waals surface area contributed by atoms with Crippen molar-refractivity contribution in [2.75, 3.05) is 25.0 Å². The second-order valence-corrected chi connectivity index (χ2v) is 6.40. The molecule has 7 heteroatoms. The Morgan fingerprint density at radius 3 is 2.31 bits per heavy atom. The van der Waals surface area contributed by atoms with Gasteiger partial charge in [0.1, 0.15) is 5.75 Å². The first kappa shape index (κ1) is 21.9. The van der Waals surface area contributed by atoms with Crippen molar-refractivity contribution in [3.8, 4) is 5.75 Å². The molecule has 0 aliphatic carbocycles. The number of benzene rings is 2. The quantitative estimate of drug-likeness (QED) is 0.537. The summed E-state index contributed by atoms with van der Waals surface area (Å²) in [5.41, 5.74) is 1.38. The van der Waals surface area contributed by atoms with Gasteiger partial charge in [0.05, 0.1) is 13.2 Å². The maximum absolute atomic E-state index is 12.2. The molecule has 0 radical (unpaired) electrons. The number of hydrogen-bond acceptors (Lipinski definition) is 4. The minimum absolute atomic E-state index is 0.182. The number of amides is 3. The summed E-state index contributed by atoms with van der Waals surface area (Å²) in [5.74, 6) is -0.235. The van der Waals surface area contributed by atoms with Crippen LogP contribution in [0.1, 0.15) is 47.4 Å². The molecule has 2 rings (SSSR count). The first-order valence-corrected chi connectivity index (χ1v) is 9.72. The van der Waals surface area contributed by atoms with Crippen molar-refractivity contribution in [2.45, 2.75) is 26.7 Å². The highest BCUT2D eigenvalue weighted by Gasteiger charge is 2.10. The molecular weight excluding hydrogens is 370 g/mol. The Hall–Kier alpha value is -3.35. The van der Waals surface area contributed by atoms with Gasteiger partial charge in [-0.15, -0.1) is 0 Å². The summed E-state index contributed by atoms with van der Waals surface area (Å²) < 4.78 is 5.56. The third-order valence-corrected chi connectivity index (χ3v) is 4.04.